The summed E-state index contributed by atoms with van der Waals surface area (Å²) in [6.45, 7) is 5.16. The molecule has 2 heterocycles. The number of unbranched alkanes of at least 4 members (excludes halogenated alkanes) is 1. The number of hydrogen-bond donors (Lipinski definition) is 12. The highest BCUT2D eigenvalue weighted by Crippen LogP contribution is 2.28. The van der Waals surface area contributed by atoms with Gasteiger partial charge in [-0.05, 0) is 52.9 Å². The molecule has 1 aromatic heterocycles. The number of aliphatic hydroxyl groups is 3. The average Bonchev–Trinajstić information content (AvgIpc) is 3.43. The fourth-order valence-corrected chi connectivity index (χ4v) is 5.42. The van der Waals surface area contributed by atoms with Gasteiger partial charge in [0.15, 0.2) is 23.8 Å². The lowest BCUT2D eigenvalue weighted by Crippen LogP contribution is -2.51. The van der Waals surface area contributed by atoms with Crippen molar-refractivity contribution in [3.05, 3.63) is 22.5 Å². The van der Waals surface area contributed by atoms with E-state index in [0.29, 0.717) is 17.2 Å². The molecule has 1 saturated heterocycles. The number of ether oxygens (including phenoxy) is 2. The van der Waals surface area contributed by atoms with Gasteiger partial charge in [0, 0.05) is 20.0 Å². The summed E-state index contributed by atoms with van der Waals surface area (Å²) in [5.74, 6) is -6.42. The maximum atomic E-state index is 15.2. The number of nitrogens with one attached hydrogen (secondary N) is 8. The monoisotopic (exact) mass is 843 g/mol. The van der Waals surface area contributed by atoms with Gasteiger partial charge in [-0.3, -0.25) is 33.9 Å². The van der Waals surface area contributed by atoms with E-state index in [2.05, 4.69) is 42.2 Å². The predicted octanol–water partition coefficient (Wildman–Crippen LogP) is -3.93. The summed E-state index contributed by atoms with van der Waals surface area (Å²) in [6.07, 6.45) is -6.26. The Bertz CT molecular complexity index is 1720. The van der Waals surface area contributed by atoms with Gasteiger partial charge in [-0.1, -0.05) is 0 Å². The third kappa shape index (κ3) is 17.3. The minimum Gasteiger partial charge on any atom is -0.444 e. The summed E-state index contributed by atoms with van der Waals surface area (Å²) in [6, 6.07) is -4.06. The second-order valence-corrected chi connectivity index (χ2v) is 14.4. The number of halogens is 1. The van der Waals surface area contributed by atoms with Crippen LogP contribution in [0, 0.1) is 11.2 Å². The van der Waals surface area contributed by atoms with Gasteiger partial charge >= 0.3 is 11.8 Å². The fraction of sp³-hybridized carbons (Fsp3) is 0.647. The summed E-state index contributed by atoms with van der Waals surface area (Å²) in [5.41, 5.74) is 3.16. The largest absolute Gasteiger partial charge is 0.444 e. The number of carbonyl (C=O) groups is 7. The normalized spacial score (nSPS) is 18.9. The van der Waals surface area contributed by atoms with Gasteiger partial charge in [-0.15, -0.1) is 0 Å². The van der Waals surface area contributed by atoms with E-state index in [1.54, 1.807) is 20.8 Å². The first-order valence-electron chi connectivity index (χ1n) is 18.5. The van der Waals surface area contributed by atoms with E-state index in [1.807, 2.05) is 0 Å². The van der Waals surface area contributed by atoms with E-state index in [9.17, 15) is 53.7 Å². The molecule has 24 nitrogen and oxygen atoms in total. The Morgan fingerprint density at radius 2 is 1.63 bits per heavy atom. The van der Waals surface area contributed by atoms with Crippen LogP contribution in [0.3, 0.4) is 0 Å². The standard InChI is InChI=1S/C34H54FN11O13/c1-17(49)38-10-6-5-8-21(29(55)44-27-19(35)14-46(32(56)45-27)30-26(53)25(52)22(16-48)58-30)42-23(50)12-18(15-47)41-24(51)13-40-28(54)20(9-7-11-39-31(36)37)43-33(57)59-34(2,3)4/h14-15,18,20-22,25-26,30,48,52-53H,5-13,16H2,1-4H3,(H,38,49)(H,40,54)(H,41,51)(H,42,50)(H,43,57)(H4,36,37,39)(H,44,45,55,56)/t18?,20?,21?,22-,25?,26+,30-/m1/s1. The van der Waals surface area contributed by atoms with Crippen molar-refractivity contribution in [2.75, 3.05) is 31.6 Å². The van der Waals surface area contributed by atoms with E-state index >= 15 is 4.39 Å². The lowest BCUT2D eigenvalue weighted by atomic mass is 10.1. The van der Waals surface area contributed by atoms with Crippen LogP contribution >= 0.6 is 0 Å². The molecule has 1 aliphatic rings. The molecule has 13 N–H and O–H groups in total. The summed E-state index contributed by atoms with van der Waals surface area (Å²) >= 11 is 0. The summed E-state index contributed by atoms with van der Waals surface area (Å²) in [5, 5.41) is 53.4. The van der Waals surface area contributed by atoms with Crippen LogP contribution in [0.25, 0.3) is 0 Å². The van der Waals surface area contributed by atoms with Gasteiger partial charge in [0.1, 0.15) is 42.3 Å². The van der Waals surface area contributed by atoms with Crippen molar-refractivity contribution in [1.29, 1.82) is 5.41 Å². The van der Waals surface area contributed by atoms with Crippen molar-refractivity contribution in [2.45, 2.75) is 114 Å². The number of aliphatic hydroxyl groups excluding tert-OH is 3. The van der Waals surface area contributed by atoms with Crippen LogP contribution < -0.4 is 48.6 Å². The highest BCUT2D eigenvalue weighted by atomic mass is 19.1. The molecule has 6 amide bonds. The zero-order chi connectivity index (χ0) is 44.4. The number of nitrogens with two attached hydrogens (primary N) is 1. The first-order valence-corrected chi connectivity index (χ1v) is 18.5. The van der Waals surface area contributed by atoms with E-state index in [-0.39, 0.29) is 56.9 Å². The van der Waals surface area contributed by atoms with Gasteiger partial charge in [0.2, 0.25) is 29.5 Å². The molecule has 1 aliphatic heterocycles. The zero-order valence-corrected chi connectivity index (χ0v) is 33.0. The number of rotatable bonds is 22. The Hall–Kier alpha value is -5.79. The van der Waals surface area contributed by atoms with E-state index in [4.69, 9.17) is 20.6 Å². The third-order valence-electron chi connectivity index (χ3n) is 8.22. The van der Waals surface area contributed by atoms with Crippen LogP contribution in [0.4, 0.5) is 15.0 Å². The third-order valence-corrected chi connectivity index (χ3v) is 8.22. The second kappa shape index (κ2) is 23.6. The summed E-state index contributed by atoms with van der Waals surface area (Å²) < 4.78 is 26.1. The first kappa shape index (κ1) is 49.4. The molecule has 7 atom stereocenters. The lowest BCUT2D eigenvalue weighted by molar-refractivity contribution is -0.130. The van der Waals surface area contributed by atoms with Gasteiger partial charge in [-0.25, -0.2) is 14.0 Å². The number of alkyl carbamates (subject to hydrolysis) is 1. The molecule has 0 aromatic carbocycles. The van der Waals surface area contributed by atoms with Crippen molar-refractivity contribution in [2.24, 2.45) is 5.73 Å². The molecule has 25 heteroatoms. The van der Waals surface area contributed by atoms with Crippen LogP contribution in [0.2, 0.25) is 0 Å². The van der Waals surface area contributed by atoms with Crippen LogP contribution in [-0.4, -0.2) is 141 Å². The number of carbonyl (C=O) groups excluding carboxylic acids is 7. The molecule has 0 aliphatic carbocycles. The maximum absolute atomic E-state index is 15.2. The number of guanidine groups is 1. The minimum absolute atomic E-state index is 0.0491. The molecule has 0 radical (unpaired) electrons. The molecule has 330 valence electrons. The molecule has 4 unspecified atom stereocenters. The van der Waals surface area contributed by atoms with Gasteiger partial charge < -0.3 is 72.5 Å². The minimum atomic E-state index is -1.74. The number of anilines is 1. The topological polar surface area (TPSA) is 368 Å². The summed E-state index contributed by atoms with van der Waals surface area (Å²) in [7, 11) is 0. The maximum Gasteiger partial charge on any atom is 0.408 e. The molecule has 2 rings (SSSR count). The molecule has 0 bridgehead atoms. The lowest BCUT2D eigenvalue weighted by Gasteiger charge is -2.23. The van der Waals surface area contributed by atoms with Crippen LogP contribution in [-0.2, 0) is 38.2 Å². The highest BCUT2D eigenvalue weighted by molar-refractivity contribution is 5.97. The number of aldehydes is 1. The van der Waals surface area contributed by atoms with Gasteiger partial charge in [0.25, 0.3) is 0 Å². The van der Waals surface area contributed by atoms with Crippen molar-refractivity contribution in [3.8, 4) is 0 Å². The highest BCUT2D eigenvalue weighted by Gasteiger charge is 2.44. The molecule has 0 spiro atoms. The van der Waals surface area contributed by atoms with E-state index in [0.717, 1.165) is 0 Å². The molecular weight excluding hydrogens is 789 g/mol. The smallest absolute Gasteiger partial charge is 0.408 e. The molecule has 1 aromatic rings. The van der Waals surface area contributed by atoms with Crippen molar-refractivity contribution in [1.82, 2.24) is 41.5 Å². The van der Waals surface area contributed by atoms with Gasteiger partial charge in [-0.2, -0.15) is 4.98 Å². The zero-order valence-electron chi connectivity index (χ0n) is 33.0. The van der Waals surface area contributed by atoms with Crippen molar-refractivity contribution in [3.63, 3.8) is 0 Å². The Kier molecular flexibility index (Phi) is 19.7. The van der Waals surface area contributed by atoms with Crippen molar-refractivity contribution >= 4 is 53.7 Å². The molecular formula is C34H54FN11O13. The predicted molar refractivity (Wildman–Crippen MR) is 202 cm³/mol. The SMILES string of the molecule is CC(=O)NCCCCC(NC(=O)CC(C=O)NC(=O)CNC(=O)C(CCCNC(=N)N)NC(=O)OC(C)(C)C)C(=O)Nc1nc(=O)n([C@@H]2O[C@H](CO)C(O)[C@@H]2O)cc1F. The van der Waals surface area contributed by atoms with E-state index in [1.165, 1.54) is 6.92 Å². The second-order valence-electron chi connectivity index (χ2n) is 14.4. The summed E-state index contributed by atoms with van der Waals surface area (Å²) in [4.78, 5) is 104. The number of hydrogen-bond acceptors (Lipinski definition) is 15. The Morgan fingerprint density at radius 3 is 2.22 bits per heavy atom. The molecule has 1 fully saturated rings. The fourth-order valence-electron chi connectivity index (χ4n) is 5.42. The number of aromatic nitrogens is 2. The van der Waals surface area contributed by atoms with Crippen molar-refractivity contribution < 1.29 is 62.7 Å². The van der Waals surface area contributed by atoms with Crippen LogP contribution in [0.1, 0.15) is 72.4 Å². The average molecular weight is 844 g/mol. The molecule has 0 saturated carbocycles. The van der Waals surface area contributed by atoms with E-state index < -0.39 is 115 Å². The Balaban J connectivity index is 2.09. The Labute approximate surface area is 337 Å². The molecule has 59 heavy (non-hydrogen) atoms. The Morgan fingerprint density at radius 1 is 0.983 bits per heavy atom. The number of amides is 6. The van der Waals surface area contributed by atoms with Gasteiger partial charge in [0.05, 0.1) is 31.8 Å². The van der Waals surface area contributed by atoms with Crippen LogP contribution in [0.15, 0.2) is 11.0 Å². The first-order chi connectivity index (χ1) is 27.6. The number of nitrogens with zero attached hydrogens (tertiary/aromatic N) is 2. The van der Waals surface area contributed by atoms with Crippen LogP contribution in [0.5, 0.6) is 0 Å². The quantitative estimate of drug-likeness (QED) is 0.0230.